The van der Waals surface area contributed by atoms with Gasteiger partial charge >= 0.3 is 433 Å². The van der Waals surface area contributed by atoms with Crippen LogP contribution < -0.4 is 31.8 Å². The first kappa shape index (κ1) is 19.6. The molecule has 0 heterocycles. The molecule has 2 aliphatic rings. The Hall–Kier alpha value is -5.90. The molecule has 0 nitrogen and oxygen atoms in total. The zero-order valence-corrected chi connectivity index (χ0v) is 39.9. The Bertz CT molecular complexity index is 5040. The first-order chi connectivity index (χ1) is 46.9. The third-order valence-corrected chi connectivity index (χ3v) is 23.6. The molecule has 0 aromatic heterocycles. The quantitative estimate of drug-likeness (QED) is 0.105. The summed E-state index contributed by atoms with van der Waals surface area (Å²) in [4.78, 5) is 0. The molecule has 10 aromatic carbocycles. The van der Waals surface area contributed by atoms with E-state index in [1.165, 1.54) is 0 Å². The summed E-state index contributed by atoms with van der Waals surface area (Å²) in [5.41, 5.74) is -14.2. The summed E-state index contributed by atoms with van der Waals surface area (Å²) in [6, 6.07) is -23.5. The second-order valence-corrected chi connectivity index (χ2v) is 27.4. The van der Waals surface area contributed by atoms with Crippen molar-refractivity contribution in [1.82, 2.24) is 0 Å². The van der Waals surface area contributed by atoms with Gasteiger partial charge in [-0.15, -0.1) is 0 Å². The third-order valence-electron chi connectivity index (χ3n) is 11.6. The molecule has 0 saturated carbocycles. The van der Waals surface area contributed by atoms with E-state index in [1.807, 2.05) is 0 Å². The Labute approximate surface area is 457 Å². The number of aryl methyl sites for hydroxylation is 2. The van der Waals surface area contributed by atoms with Crippen molar-refractivity contribution < 1.29 is 46.6 Å². The number of rotatable bonds is 8. The fraction of sp³-hybridized carbons (Fsp3) is 0.0476. The fourth-order valence-electron chi connectivity index (χ4n) is 8.67. The van der Waals surface area contributed by atoms with Crippen molar-refractivity contribution in [2.45, 2.75) is 19.3 Å². The Morgan fingerprint density at radius 2 is 0.627 bits per heavy atom. The zero-order chi connectivity index (χ0) is 74.9. The van der Waals surface area contributed by atoms with Crippen molar-refractivity contribution >= 4 is 73.0 Å². The molecular formula is C63H46P2Se2. The predicted octanol–water partition coefficient (Wildman–Crippen LogP) is 12.7. The molecule has 0 bridgehead atoms. The van der Waals surface area contributed by atoms with E-state index in [2.05, 4.69) is 30.2 Å². The average molecular weight is 1060 g/mol. The van der Waals surface area contributed by atoms with Gasteiger partial charge in [0.2, 0.25) is 0 Å². The standard InChI is InChI=1S/C63H46P2Se2/c1-43-23-35-55-56-36-24-44(2)40-60(56)63(59(55)39-43)61-41-47(45-25-31-53(32-26-45)64(66,49-15-7-3-8-16-49)50-17-9-4-10-18-50)29-37-57(61)58-38-30-48(42-62(58)63)46-27-33-54(34-28-46)65(67,51-19-11-5-12-20-51)52-21-13-6-14-22-52/h3-42H,1-2H3/i3D,4D,5D,6D,7D,8D,9D,10D,11D,12D,13D,14D,15D,16D,17D,18D,19D,20D,21D,22D,25D,26D,27D,28D,29D,30D,31D,32D,33D,34D,37D,38D,41D,42D. The van der Waals surface area contributed by atoms with Crippen LogP contribution in [0.1, 0.15) is 80.0 Å². The molecule has 0 unspecified atom stereocenters. The summed E-state index contributed by atoms with van der Waals surface area (Å²) < 4.78 is 318. The van der Waals surface area contributed by atoms with Crippen molar-refractivity contribution in [3.63, 3.8) is 0 Å². The molecule has 1 spiro atoms. The van der Waals surface area contributed by atoms with Gasteiger partial charge in [0.1, 0.15) is 0 Å². The maximum absolute atomic E-state index is 10.7. The molecule has 0 N–H and O–H groups in total. The van der Waals surface area contributed by atoms with Gasteiger partial charge in [-0.1, -0.05) is 12.1 Å². The van der Waals surface area contributed by atoms with Crippen LogP contribution >= 0.6 is 11.0 Å². The van der Waals surface area contributed by atoms with Gasteiger partial charge in [-0.3, -0.25) is 0 Å². The minimum atomic E-state index is -4.82. The van der Waals surface area contributed by atoms with Gasteiger partial charge in [0, 0.05) is 0 Å². The summed E-state index contributed by atoms with van der Waals surface area (Å²) in [6.45, 7) is 3.40. The number of hydrogen-bond donors (Lipinski definition) is 0. The molecule has 0 amide bonds. The minimum absolute atomic E-state index is 0.234. The molecule has 2 aliphatic carbocycles. The van der Waals surface area contributed by atoms with E-state index in [4.69, 9.17) is 16.4 Å². The van der Waals surface area contributed by atoms with Crippen LogP contribution in [0.4, 0.5) is 0 Å². The first-order valence-electron chi connectivity index (χ1n) is 37.2. The van der Waals surface area contributed by atoms with Gasteiger partial charge in [0.25, 0.3) is 0 Å². The molecule has 12 rings (SSSR count). The van der Waals surface area contributed by atoms with Crippen molar-refractivity contribution in [2.75, 3.05) is 0 Å². The fourth-order valence-corrected chi connectivity index (χ4v) is 16.0. The van der Waals surface area contributed by atoms with Gasteiger partial charge in [-0.05, 0) is 13.8 Å². The summed E-state index contributed by atoms with van der Waals surface area (Å²) in [6.07, 6.45) is 0. The molecule has 0 aliphatic heterocycles. The van der Waals surface area contributed by atoms with Crippen molar-refractivity contribution in [2.24, 2.45) is 0 Å². The van der Waals surface area contributed by atoms with Crippen molar-refractivity contribution in [3.05, 3.63) is 275 Å². The van der Waals surface area contributed by atoms with Gasteiger partial charge < -0.3 is 0 Å². The molecule has 320 valence electrons. The Morgan fingerprint density at radius 1 is 0.328 bits per heavy atom. The monoisotopic (exact) mass is 1060 g/mol. The second-order valence-electron chi connectivity index (χ2n) is 15.4. The van der Waals surface area contributed by atoms with E-state index < -0.39 is 287 Å². The number of hydrogen-bond acceptors (Lipinski definition) is 0. The van der Waals surface area contributed by atoms with Gasteiger partial charge in [-0.2, -0.15) is 0 Å². The van der Waals surface area contributed by atoms with Crippen molar-refractivity contribution in [1.29, 1.82) is 0 Å². The first-order valence-corrected chi connectivity index (χ1v) is 28.2. The Kier molecular flexibility index (Phi) is 4.89. The van der Waals surface area contributed by atoms with E-state index in [0.717, 1.165) is 0 Å². The van der Waals surface area contributed by atoms with E-state index in [9.17, 15) is 30.2 Å². The van der Waals surface area contributed by atoms with Crippen LogP contribution in [-0.2, 0) is 5.41 Å². The molecule has 10 aromatic rings. The van der Waals surface area contributed by atoms with Crippen LogP contribution in [0.15, 0.2) is 242 Å². The molecular weight excluding hydrogens is 977 g/mol. The summed E-state index contributed by atoms with van der Waals surface area (Å²) in [7, 11) is 0. The van der Waals surface area contributed by atoms with Crippen LogP contribution in [0, 0.1) is 13.8 Å². The molecule has 0 radical (unpaired) electrons. The molecule has 0 saturated heterocycles. The SMILES string of the molecule is [2H]c1c([2H])c([2H])c(P(=[Se])(c2c([2H])c([2H])c([2H])c([2H])c2[2H])c2c([2H])c([2H])c(-c3c([2H])c([2H])c4c(c3[2H])C3(c5cc(C)ccc5-c5ccc(C)cc53)c3c([2H])c(-c5c([2H])c([2H])c(P(=[Se])(c6c([2H])c([2H])c([2H])c([2H])c6[2H])c6c([2H])c([2H])c([2H])c([2H])c6[2H])c([2H])c5[2H])c([2H])c([2H])c3-4)c([2H])c2[2H])c([2H])c1[2H]. The average Bonchev–Trinajstić information content (AvgIpc) is 1.49. The number of fused-ring (bicyclic) bond motifs is 10. The van der Waals surface area contributed by atoms with Crippen LogP contribution in [-0.4, -0.2) is 30.2 Å². The molecule has 67 heavy (non-hydrogen) atoms. The van der Waals surface area contributed by atoms with E-state index in [1.54, 1.807) is 50.2 Å². The Balaban J connectivity index is 1.22. The Morgan fingerprint density at radius 3 is 0.955 bits per heavy atom. The van der Waals surface area contributed by atoms with Crippen LogP contribution in [0.2, 0.25) is 0 Å². The molecule has 0 fully saturated rings. The van der Waals surface area contributed by atoms with Crippen LogP contribution in [0.25, 0.3) is 44.5 Å². The molecule has 4 heteroatoms. The van der Waals surface area contributed by atoms with Crippen LogP contribution in [0.5, 0.6) is 0 Å². The van der Waals surface area contributed by atoms with Gasteiger partial charge in [0.05, 0.1) is 0 Å². The number of benzene rings is 10. The van der Waals surface area contributed by atoms with Gasteiger partial charge in [-0.25, -0.2) is 0 Å². The van der Waals surface area contributed by atoms with Gasteiger partial charge in [0.15, 0.2) is 0 Å². The van der Waals surface area contributed by atoms with E-state index >= 15 is 0 Å². The van der Waals surface area contributed by atoms with Crippen LogP contribution in [0.3, 0.4) is 0 Å². The normalized spacial score (nSPS) is 20.3. The second kappa shape index (κ2) is 16.7. The maximum atomic E-state index is 10.7. The van der Waals surface area contributed by atoms with Crippen molar-refractivity contribution in [3.8, 4) is 44.5 Å². The van der Waals surface area contributed by atoms with E-state index in [-0.39, 0.29) is 22.3 Å². The van der Waals surface area contributed by atoms with E-state index in [0.29, 0.717) is 22.3 Å². The topological polar surface area (TPSA) is 0 Å². The third kappa shape index (κ3) is 6.69. The zero-order valence-electron chi connectivity index (χ0n) is 68.7. The molecule has 0 atom stereocenters. The summed E-state index contributed by atoms with van der Waals surface area (Å²) in [5, 5.41) is -4.78. The predicted molar refractivity (Wildman–Crippen MR) is 292 cm³/mol. The summed E-state index contributed by atoms with van der Waals surface area (Å²) in [5.74, 6) is 0. The summed E-state index contributed by atoms with van der Waals surface area (Å²) >= 11 is 5.35.